The van der Waals surface area contributed by atoms with Gasteiger partial charge in [-0.1, -0.05) is 20.3 Å². The standard InChI is InChI=1S/C20H30N4O3/c1-19(2)14(9-15(19)26-3)21-18(25)24-10-13-5-4-8-20(13,11-24)17-23-22-16(27-17)12-6-7-12/h12-15H,4-11H2,1-3H3,(H,21,25)/t13-,14?,15?,20-/m0/s1. The van der Waals surface area contributed by atoms with Gasteiger partial charge < -0.3 is 19.4 Å². The third-order valence-electron chi connectivity index (χ3n) is 7.71. The van der Waals surface area contributed by atoms with Crippen molar-refractivity contribution >= 4 is 6.03 Å². The Balaban J connectivity index is 1.29. The molecule has 2 heterocycles. The van der Waals surface area contributed by atoms with Crippen LogP contribution in [0.2, 0.25) is 0 Å². The van der Waals surface area contributed by atoms with E-state index in [0.29, 0.717) is 18.4 Å². The van der Waals surface area contributed by atoms with Crippen LogP contribution in [0.4, 0.5) is 4.79 Å². The fraction of sp³-hybridized carbons (Fsp3) is 0.850. The van der Waals surface area contributed by atoms with Gasteiger partial charge in [0.25, 0.3) is 0 Å². The molecule has 1 aromatic rings. The van der Waals surface area contributed by atoms with Crippen LogP contribution in [0.15, 0.2) is 4.42 Å². The highest BCUT2D eigenvalue weighted by molar-refractivity contribution is 5.75. The highest BCUT2D eigenvalue weighted by Gasteiger charge is 2.56. The Kier molecular flexibility index (Phi) is 3.84. The molecule has 148 valence electrons. The molecular formula is C20H30N4O3. The first-order chi connectivity index (χ1) is 12.9. The van der Waals surface area contributed by atoms with E-state index in [-0.39, 0.29) is 29.0 Å². The van der Waals surface area contributed by atoms with Crippen molar-refractivity contribution in [3.8, 4) is 0 Å². The third-order valence-corrected chi connectivity index (χ3v) is 7.71. The lowest BCUT2D eigenvalue weighted by atomic mass is 9.64. The molecule has 0 aromatic carbocycles. The van der Waals surface area contributed by atoms with E-state index in [9.17, 15) is 4.79 Å². The van der Waals surface area contributed by atoms with Gasteiger partial charge in [0.2, 0.25) is 11.8 Å². The van der Waals surface area contributed by atoms with E-state index in [4.69, 9.17) is 9.15 Å². The predicted molar refractivity (Wildman–Crippen MR) is 98.4 cm³/mol. The SMILES string of the molecule is COC1CC(NC(=O)N2C[C@@H]3CCC[C@]3(c3nnc(C4CC4)o3)C2)C1(C)C. The van der Waals surface area contributed by atoms with Gasteiger partial charge in [0.05, 0.1) is 11.5 Å². The highest BCUT2D eigenvalue weighted by atomic mass is 16.5. The summed E-state index contributed by atoms with van der Waals surface area (Å²) >= 11 is 0. The largest absolute Gasteiger partial charge is 0.424 e. The number of methoxy groups -OCH3 is 1. The normalized spacial score (nSPS) is 37.1. The maximum atomic E-state index is 13.0. The van der Waals surface area contributed by atoms with Crippen molar-refractivity contribution in [3.63, 3.8) is 0 Å². The number of carbonyl (C=O) groups is 1. The first-order valence-electron chi connectivity index (χ1n) is 10.4. The zero-order valence-corrected chi connectivity index (χ0v) is 16.5. The number of nitrogens with one attached hydrogen (secondary N) is 1. The summed E-state index contributed by atoms with van der Waals surface area (Å²) in [5, 5.41) is 12.0. The molecule has 4 aliphatic rings. The number of aromatic nitrogens is 2. The Bertz CT molecular complexity index is 743. The second-order valence-electron chi connectivity index (χ2n) is 9.63. The Morgan fingerprint density at radius 1 is 1.30 bits per heavy atom. The molecule has 27 heavy (non-hydrogen) atoms. The summed E-state index contributed by atoms with van der Waals surface area (Å²) in [4.78, 5) is 14.9. The summed E-state index contributed by atoms with van der Waals surface area (Å²) in [5.74, 6) is 2.47. The number of fused-ring (bicyclic) bond motifs is 1. The lowest BCUT2D eigenvalue weighted by molar-refractivity contribution is -0.0943. The van der Waals surface area contributed by atoms with E-state index in [0.717, 1.165) is 50.4 Å². The van der Waals surface area contributed by atoms with E-state index >= 15 is 0 Å². The first-order valence-corrected chi connectivity index (χ1v) is 10.4. The van der Waals surface area contributed by atoms with Gasteiger partial charge in [-0.2, -0.15) is 0 Å². The van der Waals surface area contributed by atoms with Gasteiger partial charge in [0.15, 0.2) is 0 Å². The number of carbonyl (C=O) groups excluding carboxylic acids is 1. The smallest absolute Gasteiger partial charge is 0.317 e. The molecule has 7 heteroatoms. The summed E-state index contributed by atoms with van der Waals surface area (Å²) in [6, 6.07) is 0.203. The van der Waals surface area contributed by atoms with Crippen LogP contribution in [0.1, 0.15) is 70.1 Å². The Morgan fingerprint density at radius 3 is 2.81 bits per heavy atom. The molecule has 0 radical (unpaired) electrons. The van der Waals surface area contributed by atoms with E-state index in [1.54, 1.807) is 7.11 Å². The molecule has 3 aliphatic carbocycles. The second kappa shape index (κ2) is 5.93. The number of rotatable bonds is 4. The van der Waals surface area contributed by atoms with Crippen molar-refractivity contribution in [1.29, 1.82) is 0 Å². The van der Waals surface area contributed by atoms with Crippen molar-refractivity contribution < 1.29 is 13.9 Å². The third kappa shape index (κ3) is 2.61. The minimum Gasteiger partial charge on any atom is -0.424 e. The average molecular weight is 374 g/mol. The zero-order chi connectivity index (χ0) is 18.8. The monoisotopic (exact) mass is 374 g/mol. The maximum absolute atomic E-state index is 13.0. The fourth-order valence-electron chi connectivity index (χ4n) is 5.50. The minimum atomic E-state index is -0.137. The van der Waals surface area contributed by atoms with E-state index in [2.05, 4.69) is 29.4 Å². The number of amides is 2. The zero-order valence-electron chi connectivity index (χ0n) is 16.5. The molecule has 2 unspecified atom stereocenters. The predicted octanol–water partition coefficient (Wildman–Crippen LogP) is 2.82. The number of hydrogen-bond donors (Lipinski definition) is 1. The van der Waals surface area contributed by atoms with Crippen molar-refractivity contribution in [2.45, 2.75) is 75.9 Å². The summed E-state index contributed by atoms with van der Waals surface area (Å²) in [6.07, 6.45) is 6.75. The molecule has 2 amide bonds. The lowest BCUT2D eigenvalue weighted by Gasteiger charge is -2.51. The molecule has 1 aliphatic heterocycles. The van der Waals surface area contributed by atoms with Gasteiger partial charge in [-0.25, -0.2) is 4.79 Å². The van der Waals surface area contributed by atoms with Gasteiger partial charge in [-0.05, 0) is 38.0 Å². The van der Waals surface area contributed by atoms with E-state index in [1.165, 1.54) is 6.42 Å². The molecule has 7 nitrogen and oxygen atoms in total. The van der Waals surface area contributed by atoms with Crippen LogP contribution >= 0.6 is 0 Å². The van der Waals surface area contributed by atoms with Crippen LogP contribution in [0, 0.1) is 11.3 Å². The Morgan fingerprint density at radius 2 is 2.11 bits per heavy atom. The number of nitrogens with zero attached hydrogens (tertiary/aromatic N) is 3. The molecule has 4 fully saturated rings. The van der Waals surface area contributed by atoms with Gasteiger partial charge in [-0.3, -0.25) is 0 Å². The van der Waals surface area contributed by atoms with Crippen molar-refractivity contribution in [2.75, 3.05) is 20.2 Å². The molecular weight excluding hydrogens is 344 g/mol. The number of likely N-dealkylation sites (tertiary alicyclic amines) is 1. The Labute approximate surface area is 160 Å². The number of hydrogen-bond acceptors (Lipinski definition) is 5. The highest BCUT2D eigenvalue weighted by Crippen LogP contribution is 2.51. The molecule has 1 saturated heterocycles. The maximum Gasteiger partial charge on any atom is 0.317 e. The topological polar surface area (TPSA) is 80.5 Å². The minimum absolute atomic E-state index is 0.0245. The van der Waals surface area contributed by atoms with E-state index < -0.39 is 0 Å². The molecule has 1 N–H and O–H groups in total. The molecule has 3 saturated carbocycles. The van der Waals surface area contributed by atoms with Crippen LogP contribution in [-0.4, -0.2) is 53.5 Å². The Hall–Kier alpha value is -1.63. The number of ether oxygens (including phenoxy) is 1. The summed E-state index contributed by atoms with van der Waals surface area (Å²) in [7, 11) is 1.75. The first kappa shape index (κ1) is 17.5. The molecule has 4 atom stereocenters. The number of urea groups is 1. The quantitative estimate of drug-likeness (QED) is 0.876. The molecule has 1 aromatic heterocycles. The molecule has 0 bridgehead atoms. The van der Waals surface area contributed by atoms with Crippen LogP contribution in [0.3, 0.4) is 0 Å². The van der Waals surface area contributed by atoms with Crippen LogP contribution in [0.5, 0.6) is 0 Å². The summed E-state index contributed by atoms with van der Waals surface area (Å²) in [6.45, 7) is 5.80. The fourth-order valence-corrected chi connectivity index (χ4v) is 5.50. The van der Waals surface area contributed by atoms with Crippen molar-refractivity contribution in [3.05, 3.63) is 11.8 Å². The van der Waals surface area contributed by atoms with Gasteiger partial charge in [0, 0.05) is 37.6 Å². The molecule has 5 rings (SSSR count). The van der Waals surface area contributed by atoms with Crippen molar-refractivity contribution in [2.24, 2.45) is 11.3 Å². The van der Waals surface area contributed by atoms with Crippen LogP contribution in [0.25, 0.3) is 0 Å². The van der Waals surface area contributed by atoms with Crippen molar-refractivity contribution in [1.82, 2.24) is 20.4 Å². The van der Waals surface area contributed by atoms with Crippen LogP contribution in [-0.2, 0) is 10.2 Å². The molecule has 0 spiro atoms. The van der Waals surface area contributed by atoms with Gasteiger partial charge in [0.1, 0.15) is 0 Å². The van der Waals surface area contributed by atoms with Gasteiger partial charge in [-0.15, -0.1) is 10.2 Å². The van der Waals surface area contributed by atoms with Gasteiger partial charge >= 0.3 is 6.03 Å². The summed E-state index contributed by atoms with van der Waals surface area (Å²) < 4.78 is 11.6. The second-order valence-corrected chi connectivity index (χ2v) is 9.63. The summed E-state index contributed by atoms with van der Waals surface area (Å²) in [5.41, 5.74) is -0.162. The van der Waals surface area contributed by atoms with Crippen LogP contribution < -0.4 is 5.32 Å². The average Bonchev–Trinajstić information content (AvgIpc) is 3.06. The van der Waals surface area contributed by atoms with E-state index in [1.807, 2.05) is 4.90 Å². The lowest BCUT2D eigenvalue weighted by Crippen LogP contribution is -2.63.